The van der Waals surface area contributed by atoms with Gasteiger partial charge in [-0.1, -0.05) is 74.5 Å². The first-order valence-corrected chi connectivity index (χ1v) is 12.5. The first-order chi connectivity index (χ1) is 16.3. The maximum atomic E-state index is 13.7. The molecule has 0 saturated carbocycles. The maximum Gasteiger partial charge on any atom is 0.243 e. The van der Waals surface area contributed by atoms with Gasteiger partial charge in [0.25, 0.3) is 0 Å². The van der Waals surface area contributed by atoms with E-state index in [1.165, 1.54) is 16.2 Å². The minimum atomic E-state index is -0.689. The zero-order chi connectivity index (χ0) is 24.5. The highest BCUT2D eigenvalue weighted by atomic mass is 32.1. The lowest BCUT2D eigenvalue weighted by atomic mass is 9.99. The van der Waals surface area contributed by atoms with Gasteiger partial charge in [-0.15, -0.1) is 11.3 Å². The number of carbonyl (C=O) groups excluding carboxylic acids is 2. The summed E-state index contributed by atoms with van der Waals surface area (Å²) >= 11 is 1.51. The number of nitrogens with zero attached hydrogens (tertiary/aromatic N) is 2. The van der Waals surface area contributed by atoms with E-state index in [-0.39, 0.29) is 23.8 Å². The molecule has 3 atom stereocenters. The Bertz CT molecular complexity index is 1030. The lowest BCUT2D eigenvalue weighted by Gasteiger charge is -2.31. The van der Waals surface area contributed by atoms with E-state index in [0.717, 1.165) is 16.1 Å². The Balaban J connectivity index is 1.84. The number of hydrogen-bond acceptors (Lipinski definition) is 5. The predicted molar refractivity (Wildman–Crippen MR) is 137 cm³/mol. The van der Waals surface area contributed by atoms with Crippen LogP contribution < -0.4 is 11.1 Å². The number of aromatic nitrogens is 1. The van der Waals surface area contributed by atoms with Gasteiger partial charge in [0.1, 0.15) is 11.0 Å². The summed E-state index contributed by atoms with van der Waals surface area (Å²) in [6, 6.07) is 18.1. The summed E-state index contributed by atoms with van der Waals surface area (Å²) in [5.74, 6) is -0.153. The summed E-state index contributed by atoms with van der Waals surface area (Å²) < 4.78 is 0. The molecule has 0 radical (unpaired) electrons. The van der Waals surface area contributed by atoms with Gasteiger partial charge in [0.05, 0.1) is 12.1 Å². The van der Waals surface area contributed by atoms with Crippen LogP contribution in [0.2, 0.25) is 0 Å². The zero-order valence-electron chi connectivity index (χ0n) is 20.1. The number of carbonyl (C=O) groups is 2. The van der Waals surface area contributed by atoms with E-state index in [1.54, 1.807) is 13.2 Å². The molecule has 0 spiro atoms. The summed E-state index contributed by atoms with van der Waals surface area (Å²) in [6.07, 6.45) is 3.33. The van der Waals surface area contributed by atoms with Gasteiger partial charge in [-0.25, -0.2) is 4.98 Å². The average Bonchev–Trinajstić information content (AvgIpc) is 3.37. The third-order valence-corrected chi connectivity index (χ3v) is 6.67. The number of nitrogens with two attached hydrogens (primary N) is 1. The van der Waals surface area contributed by atoms with E-state index in [4.69, 9.17) is 5.73 Å². The molecule has 0 bridgehead atoms. The van der Waals surface area contributed by atoms with Gasteiger partial charge in [-0.2, -0.15) is 0 Å². The smallest absolute Gasteiger partial charge is 0.243 e. The van der Waals surface area contributed by atoms with Crippen molar-refractivity contribution in [3.8, 4) is 0 Å². The summed E-state index contributed by atoms with van der Waals surface area (Å²) in [7, 11) is 1.67. The highest BCUT2D eigenvalue weighted by Gasteiger charge is 2.32. The lowest BCUT2D eigenvalue weighted by molar-refractivity contribution is -0.140. The van der Waals surface area contributed by atoms with E-state index in [9.17, 15) is 9.59 Å². The molecule has 0 unspecified atom stereocenters. The van der Waals surface area contributed by atoms with Gasteiger partial charge < -0.3 is 16.0 Å². The molecule has 3 rings (SSSR count). The number of benzene rings is 2. The molecule has 3 aromatic rings. The Morgan fingerprint density at radius 1 is 1.00 bits per heavy atom. The Hall–Kier alpha value is -3.03. The van der Waals surface area contributed by atoms with E-state index < -0.39 is 12.1 Å². The number of amides is 2. The molecule has 7 heteroatoms. The van der Waals surface area contributed by atoms with Crippen molar-refractivity contribution in [1.29, 1.82) is 0 Å². The minimum Gasteiger partial charge on any atom is -0.345 e. The average molecular weight is 479 g/mol. The molecule has 0 fully saturated rings. The van der Waals surface area contributed by atoms with Crippen LogP contribution in [0, 0.1) is 5.92 Å². The van der Waals surface area contributed by atoms with Gasteiger partial charge in [-0.05, 0) is 29.9 Å². The second-order valence-corrected chi connectivity index (χ2v) is 9.94. The van der Waals surface area contributed by atoms with Gasteiger partial charge in [0.15, 0.2) is 0 Å². The number of thiazole rings is 1. The Labute approximate surface area is 206 Å². The van der Waals surface area contributed by atoms with Gasteiger partial charge >= 0.3 is 0 Å². The van der Waals surface area contributed by atoms with Gasteiger partial charge in [0.2, 0.25) is 11.8 Å². The number of likely N-dealkylation sites (N-methyl/N-ethyl adjacent to an activating group) is 1. The molecule has 6 nitrogen and oxygen atoms in total. The van der Waals surface area contributed by atoms with Crippen molar-refractivity contribution in [2.75, 3.05) is 7.05 Å². The number of hydrogen-bond donors (Lipinski definition) is 2. The van der Waals surface area contributed by atoms with Crippen molar-refractivity contribution < 1.29 is 9.59 Å². The zero-order valence-corrected chi connectivity index (χ0v) is 20.9. The molecule has 180 valence electrons. The van der Waals surface area contributed by atoms with Crippen LogP contribution in [0.5, 0.6) is 0 Å². The summed E-state index contributed by atoms with van der Waals surface area (Å²) in [5, 5.41) is 5.92. The lowest BCUT2D eigenvalue weighted by Crippen LogP contribution is -2.54. The highest BCUT2D eigenvalue weighted by Crippen LogP contribution is 2.22. The third kappa shape index (κ3) is 7.23. The fourth-order valence-corrected chi connectivity index (χ4v) is 4.68. The molecule has 0 aliphatic rings. The van der Waals surface area contributed by atoms with Crippen LogP contribution in [0.1, 0.15) is 42.4 Å². The fourth-order valence-electron chi connectivity index (χ4n) is 3.99. The van der Waals surface area contributed by atoms with Crippen LogP contribution in [0.3, 0.4) is 0 Å². The van der Waals surface area contributed by atoms with Crippen LogP contribution in [0.15, 0.2) is 72.2 Å². The molecule has 2 amide bonds. The van der Waals surface area contributed by atoms with E-state index in [0.29, 0.717) is 19.3 Å². The monoisotopic (exact) mass is 478 g/mol. The topological polar surface area (TPSA) is 88.3 Å². The van der Waals surface area contributed by atoms with Crippen LogP contribution in [0.4, 0.5) is 0 Å². The third-order valence-electron chi connectivity index (χ3n) is 5.78. The minimum absolute atomic E-state index is 0.215. The van der Waals surface area contributed by atoms with Crippen molar-refractivity contribution in [2.24, 2.45) is 11.7 Å². The summed E-state index contributed by atoms with van der Waals surface area (Å²) in [6.45, 7) is 4.06. The molecule has 1 heterocycles. The largest absolute Gasteiger partial charge is 0.345 e. The molecule has 1 aromatic heterocycles. The van der Waals surface area contributed by atoms with Crippen molar-refractivity contribution >= 4 is 23.2 Å². The molecule has 3 N–H and O–H groups in total. The van der Waals surface area contributed by atoms with E-state index in [2.05, 4.69) is 10.3 Å². The standard InChI is InChI=1S/C27H34N4O2S/c1-19(2)16-22(28)27(33)31(3)24(18-21-12-8-5-9-13-21)25(32)30-23(26-29-14-15-34-26)17-20-10-6-4-7-11-20/h4-15,19,22-24H,16-18,28H2,1-3H3,(H,30,32)/t22-,23-,24+/m0/s1. The normalized spacial score (nSPS) is 13.8. The fraction of sp³-hybridized carbons (Fsp3) is 0.370. The van der Waals surface area contributed by atoms with E-state index >= 15 is 0 Å². The summed E-state index contributed by atoms with van der Waals surface area (Å²) in [4.78, 5) is 32.8. The first kappa shape index (κ1) is 25.6. The molecule has 0 aliphatic carbocycles. The molecular formula is C27H34N4O2S. The Kier molecular flexibility index (Phi) is 9.36. The van der Waals surface area contributed by atoms with Crippen molar-refractivity contribution in [1.82, 2.24) is 15.2 Å². The predicted octanol–water partition coefficient (Wildman–Crippen LogP) is 3.99. The van der Waals surface area contributed by atoms with Crippen LogP contribution >= 0.6 is 11.3 Å². The Morgan fingerprint density at radius 2 is 1.59 bits per heavy atom. The van der Waals surface area contributed by atoms with Crippen LogP contribution in [-0.2, 0) is 22.4 Å². The molecule has 0 aliphatic heterocycles. The van der Waals surface area contributed by atoms with Gasteiger partial charge in [-0.3, -0.25) is 9.59 Å². The highest BCUT2D eigenvalue weighted by molar-refractivity contribution is 7.09. The van der Waals surface area contributed by atoms with E-state index in [1.807, 2.05) is 79.9 Å². The Morgan fingerprint density at radius 3 is 2.12 bits per heavy atom. The van der Waals surface area contributed by atoms with Gasteiger partial charge in [0, 0.05) is 25.0 Å². The van der Waals surface area contributed by atoms with Crippen LogP contribution in [-0.4, -0.2) is 40.8 Å². The molecule has 0 saturated heterocycles. The quantitative estimate of drug-likeness (QED) is 0.436. The molecular weight excluding hydrogens is 444 g/mol. The SMILES string of the molecule is CC(C)C[C@H](N)C(=O)N(C)[C@H](Cc1ccccc1)C(=O)N[C@@H](Cc1ccccc1)c1nccs1. The molecule has 2 aromatic carbocycles. The summed E-state index contributed by atoms with van der Waals surface area (Å²) in [5.41, 5.74) is 8.28. The van der Waals surface area contributed by atoms with Crippen molar-refractivity contribution in [3.63, 3.8) is 0 Å². The number of nitrogens with one attached hydrogen (secondary N) is 1. The van der Waals surface area contributed by atoms with Crippen molar-refractivity contribution in [2.45, 2.75) is 51.2 Å². The van der Waals surface area contributed by atoms with Crippen LogP contribution in [0.25, 0.3) is 0 Å². The second-order valence-electron chi connectivity index (χ2n) is 9.01. The molecule has 34 heavy (non-hydrogen) atoms. The second kappa shape index (κ2) is 12.4. The number of rotatable bonds is 11. The maximum absolute atomic E-state index is 13.7. The van der Waals surface area contributed by atoms with Crippen molar-refractivity contribution in [3.05, 3.63) is 88.4 Å². The first-order valence-electron chi connectivity index (χ1n) is 11.6.